The van der Waals surface area contributed by atoms with E-state index in [1.54, 1.807) is 23.5 Å². The molecule has 0 fully saturated rings. The second kappa shape index (κ2) is 7.51. The molecule has 0 radical (unpaired) electrons. The lowest BCUT2D eigenvalue weighted by molar-refractivity contribution is -0.119. The zero-order valence-corrected chi connectivity index (χ0v) is 13.5. The van der Waals surface area contributed by atoms with Crippen molar-refractivity contribution in [2.75, 3.05) is 4.90 Å². The summed E-state index contributed by atoms with van der Waals surface area (Å²) >= 11 is 0. The van der Waals surface area contributed by atoms with Gasteiger partial charge in [-0.2, -0.15) is 0 Å². The van der Waals surface area contributed by atoms with E-state index in [9.17, 15) is 4.79 Å². The third-order valence-corrected chi connectivity index (χ3v) is 3.96. The smallest absolute Gasteiger partial charge is 0.234 e. The zero-order chi connectivity index (χ0) is 16.8. The SMILES string of the molecule is C[C@@H](C(=O)N(Cc1ccccn1)c1ccncc1)c1ccccc1. The van der Waals surface area contributed by atoms with Crippen LogP contribution in [0.4, 0.5) is 5.69 Å². The van der Waals surface area contributed by atoms with E-state index < -0.39 is 0 Å². The lowest BCUT2D eigenvalue weighted by atomic mass is 9.99. The summed E-state index contributed by atoms with van der Waals surface area (Å²) in [7, 11) is 0. The minimum absolute atomic E-state index is 0.0399. The predicted octanol–water partition coefficient (Wildman–Crippen LogP) is 3.81. The first-order valence-corrected chi connectivity index (χ1v) is 7.92. The van der Waals surface area contributed by atoms with Crippen molar-refractivity contribution in [2.24, 2.45) is 0 Å². The summed E-state index contributed by atoms with van der Waals surface area (Å²) in [4.78, 5) is 23.3. The number of hydrogen-bond acceptors (Lipinski definition) is 3. The maximum Gasteiger partial charge on any atom is 0.234 e. The molecule has 0 saturated heterocycles. The maximum atomic E-state index is 13.1. The summed E-state index contributed by atoms with van der Waals surface area (Å²) < 4.78 is 0. The highest BCUT2D eigenvalue weighted by Crippen LogP contribution is 2.23. The number of pyridine rings is 2. The molecule has 4 nitrogen and oxygen atoms in total. The number of carbonyl (C=O) groups is 1. The van der Waals surface area contributed by atoms with Crippen molar-refractivity contribution < 1.29 is 4.79 Å². The third-order valence-electron chi connectivity index (χ3n) is 3.96. The van der Waals surface area contributed by atoms with Gasteiger partial charge in [-0.1, -0.05) is 36.4 Å². The Hall–Kier alpha value is -3.01. The van der Waals surface area contributed by atoms with Crippen LogP contribution in [0.2, 0.25) is 0 Å². The van der Waals surface area contributed by atoms with Crippen LogP contribution in [0.15, 0.2) is 79.3 Å². The van der Waals surface area contributed by atoms with Gasteiger partial charge in [0.1, 0.15) is 0 Å². The average molecular weight is 317 g/mol. The van der Waals surface area contributed by atoms with Crippen molar-refractivity contribution >= 4 is 11.6 Å². The van der Waals surface area contributed by atoms with E-state index in [1.165, 1.54) is 0 Å². The molecule has 4 heteroatoms. The Morgan fingerprint density at radius 2 is 1.67 bits per heavy atom. The van der Waals surface area contributed by atoms with Crippen molar-refractivity contribution in [1.82, 2.24) is 9.97 Å². The Kier molecular flexibility index (Phi) is 4.96. The van der Waals surface area contributed by atoms with Crippen LogP contribution in [0.25, 0.3) is 0 Å². The molecule has 0 bridgehead atoms. The van der Waals surface area contributed by atoms with Gasteiger partial charge in [-0.15, -0.1) is 0 Å². The monoisotopic (exact) mass is 317 g/mol. The molecule has 3 rings (SSSR count). The molecule has 0 unspecified atom stereocenters. The molecule has 1 atom stereocenters. The van der Waals surface area contributed by atoms with Crippen molar-refractivity contribution in [1.29, 1.82) is 0 Å². The van der Waals surface area contributed by atoms with Crippen LogP contribution in [-0.4, -0.2) is 15.9 Å². The quantitative estimate of drug-likeness (QED) is 0.719. The van der Waals surface area contributed by atoms with E-state index in [0.717, 1.165) is 16.9 Å². The first-order valence-electron chi connectivity index (χ1n) is 7.92. The summed E-state index contributed by atoms with van der Waals surface area (Å²) in [5.41, 5.74) is 2.67. The molecule has 0 aliphatic rings. The van der Waals surface area contributed by atoms with E-state index in [1.807, 2.05) is 67.6 Å². The lowest BCUT2D eigenvalue weighted by Crippen LogP contribution is -2.34. The first-order chi connectivity index (χ1) is 11.8. The topological polar surface area (TPSA) is 46.1 Å². The fourth-order valence-electron chi connectivity index (χ4n) is 2.59. The van der Waals surface area contributed by atoms with Gasteiger partial charge in [0.25, 0.3) is 0 Å². The van der Waals surface area contributed by atoms with Crippen molar-refractivity contribution in [3.05, 3.63) is 90.5 Å². The number of anilines is 1. The third kappa shape index (κ3) is 3.66. The lowest BCUT2D eigenvalue weighted by Gasteiger charge is -2.26. The van der Waals surface area contributed by atoms with Crippen molar-refractivity contribution in [3.63, 3.8) is 0 Å². The highest BCUT2D eigenvalue weighted by atomic mass is 16.2. The number of aromatic nitrogens is 2. The summed E-state index contributed by atoms with van der Waals surface area (Å²) in [5, 5.41) is 0. The molecule has 120 valence electrons. The molecule has 0 aliphatic heterocycles. The molecular formula is C20H19N3O. The van der Waals surface area contributed by atoms with Gasteiger partial charge in [0.15, 0.2) is 0 Å². The Morgan fingerprint density at radius 3 is 2.33 bits per heavy atom. The summed E-state index contributed by atoms with van der Waals surface area (Å²) in [5.74, 6) is -0.193. The van der Waals surface area contributed by atoms with Crippen molar-refractivity contribution in [3.8, 4) is 0 Å². The van der Waals surface area contributed by atoms with Crippen LogP contribution in [0.5, 0.6) is 0 Å². The number of rotatable bonds is 5. The largest absolute Gasteiger partial charge is 0.306 e. The number of benzene rings is 1. The number of carbonyl (C=O) groups excluding carboxylic acids is 1. The predicted molar refractivity (Wildman–Crippen MR) is 94.5 cm³/mol. The average Bonchev–Trinajstić information content (AvgIpc) is 2.67. The van der Waals surface area contributed by atoms with Crippen LogP contribution in [-0.2, 0) is 11.3 Å². The van der Waals surface area contributed by atoms with Gasteiger partial charge < -0.3 is 4.90 Å². The first kappa shape index (κ1) is 15.9. The van der Waals surface area contributed by atoms with Gasteiger partial charge in [-0.3, -0.25) is 14.8 Å². The van der Waals surface area contributed by atoms with Gasteiger partial charge in [-0.05, 0) is 36.8 Å². The molecular weight excluding hydrogens is 298 g/mol. The Bertz CT molecular complexity index is 776. The van der Waals surface area contributed by atoms with E-state index in [-0.39, 0.29) is 11.8 Å². The van der Waals surface area contributed by atoms with Gasteiger partial charge >= 0.3 is 0 Å². The van der Waals surface area contributed by atoms with E-state index in [4.69, 9.17) is 0 Å². The molecule has 0 N–H and O–H groups in total. The molecule has 0 spiro atoms. The summed E-state index contributed by atoms with van der Waals surface area (Å²) in [6, 6.07) is 19.2. The number of nitrogens with zero attached hydrogens (tertiary/aromatic N) is 3. The molecule has 2 heterocycles. The van der Waals surface area contributed by atoms with E-state index in [0.29, 0.717) is 6.54 Å². The highest BCUT2D eigenvalue weighted by molar-refractivity contribution is 5.97. The molecule has 2 aromatic heterocycles. The summed E-state index contributed by atoms with van der Waals surface area (Å²) in [6.07, 6.45) is 5.13. The molecule has 0 saturated carbocycles. The van der Waals surface area contributed by atoms with Crippen LogP contribution < -0.4 is 4.90 Å². The molecule has 3 aromatic rings. The molecule has 0 aliphatic carbocycles. The second-order valence-electron chi connectivity index (χ2n) is 5.58. The van der Waals surface area contributed by atoms with Crippen LogP contribution in [0.3, 0.4) is 0 Å². The van der Waals surface area contributed by atoms with Crippen LogP contribution in [0, 0.1) is 0 Å². The fourth-order valence-corrected chi connectivity index (χ4v) is 2.59. The fraction of sp³-hybridized carbons (Fsp3) is 0.150. The minimum atomic E-state index is -0.233. The number of hydrogen-bond donors (Lipinski definition) is 0. The Morgan fingerprint density at radius 1 is 0.958 bits per heavy atom. The highest BCUT2D eigenvalue weighted by Gasteiger charge is 2.23. The van der Waals surface area contributed by atoms with E-state index >= 15 is 0 Å². The molecule has 1 aromatic carbocycles. The van der Waals surface area contributed by atoms with Crippen molar-refractivity contribution in [2.45, 2.75) is 19.4 Å². The second-order valence-corrected chi connectivity index (χ2v) is 5.58. The maximum absolute atomic E-state index is 13.1. The van der Waals surface area contributed by atoms with Gasteiger partial charge in [0.05, 0.1) is 18.2 Å². The standard InChI is InChI=1S/C20H19N3O/c1-16(17-7-3-2-4-8-17)20(24)23(19-10-13-21-14-11-19)15-18-9-5-6-12-22-18/h2-14,16H,15H2,1H3/t16-/m1/s1. The molecule has 1 amide bonds. The van der Waals surface area contributed by atoms with Crippen LogP contribution >= 0.6 is 0 Å². The Labute approximate surface area is 141 Å². The van der Waals surface area contributed by atoms with Gasteiger partial charge in [-0.25, -0.2) is 0 Å². The zero-order valence-electron chi connectivity index (χ0n) is 13.5. The number of amides is 1. The molecule has 24 heavy (non-hydrogen) atoms. The van der Waals surface area contributed by atoms with Gasteiger partial charge in [0, 0.05) is 24.3 Å². The normalized spacial score (nSPS) is 11.7. The minimum Gasteiger partial charge on any atom is -0.306 e. The van der Waals surface area contributed by atoms with E-state index in [2.05, 4.69) is 9.97 Å². The van der Waals surface area contributed by atoms with Crippen LogP contribution in [0.1, 0.15) is 24.1 Å². The Balaban J connectivity index is 1.91. The van der Waals surface area contributed by atoms with Gasteiger partial charge in [0.2, 0.25) is 5.91 Å². The summed E-state index contributed by atoms with van der Waals surface area (Å²) in [6.45, 7) is 2.37.